The van der Waals surface area contributed by atoms with Crippen LogP contribution in [0.1, 0.15) is 29.8 Å². The molecule has 3 aromatic rings. The van der Waals surface area contributed by atoms with Gasteiger partial charge in [0, 0.05) is 19.2 Å². The zero-order valence-corrected chi connectivity index (χ0v) is 14.8. The summed E-state index contributed by atoms with van der Waals surface area (Å²) in [6.07, 6.45) is 0. The predicted molar refractivity (Wildman–Crippen MR) is 99.3 cm³/mol. The molecule has 0 spiro atoms. The van der Waals surface area contributed by atoms with Crippen LogP contribution in [0.3, 0.4) is 0 Å². The first-order chi connectivity index (χ1) is 12.1. The molecule has 1 heterocycles. The van der Waals surface area contributed by atoms with Gasteiger partial charge in [-0.1, -0.05) is 11.3 Å². The third-order valence-electron chi connectivity index (χ3n) is 3.84. The summed E-state index contributed by atoms with van der Waals surface area (Å²) in [6, 6.07) is 13.8. The topological polar surface area (TPSA) is 66.2 Å². The van der Waals surface area contributed by atoms with Crippen LogP contribution in [0.4, 0.5) is 5.13 Å². The number of aromatic nitrogens is 1. The van der Waals surface area contributed by atoms with Crippen LogP contribution < -0.4 is 9.64 Å². The van der Waals surface area contributed by atoms with Crippen molar-refractivity contribution in [2.24, 2.45) is 0 Å². The van der Waals surface area contributed by atoms with Crippen molar-refractivity contribution in [2.75, 3.05) is 18.0 Å². The minimum atomic E-state index is -0.447. The molecule has 126 valence electrons. The molecule has 0 bridgehead atoms. The average Bonchev–Trinajstić information content (AvgIpc) is 3.05. The molecule has 0 saturated heterocycles. The molecule has 0 saturated carbocycles. The molecule has 0 aliphatic heterocycles. The van der Waals surface area contributed by atoms with Crippen molar-refractivity contribution in [1.82, 2.24) is 4.98 Å². The van der Waals surface area contributed by atoms with Crippen LogP contribution >= 0.6 is 11.3 Å². The fourth-order valence-corrected chi connectivity index (χ4v) is 3.55. The van der Waals surface area contributed by atoms with Gasteiger partial charge in [-0.3, -0.25) is 0 Å². The van der Waals surface area contributed by atoms with E-state index in [2.05, 4.69) is 23.7 Å². The summed E-state index contributed by atoms with van der Waals surface area (Å²) in [5, 5.41) is 9.77. The van der Waals surface area contributed by atoms with E-state index in [1.54, 1.807) is 41.7 Å². The third-order valence-corrected chi connectivity index (χ3v) is 4.92. The summed E-state index contributed by atoms with van der Waals surface area (Å²) in [4.78, 5) is 19.0. The van der Waals surface area contributed by atoms with Gasteiger partial charge in [0.2, 0.25) is 0 Å². The Morgan fingerprint density at radius 1 is 1.20 bits per heavy atom. The highest BCUT2D eigenvalue weighted by molar-refractivity contribution is 7.22. The summed E-state index contributed by atoms with van der Waals surface area (Å²) < 4.78 is 6.43. The highest BCUT2D eigenvalue weighted by Crippen LogP contribution is 2.31. The maximum Gasteiger partial charge on any atom is 0.343 e. The minimum Gasteiger partial charge on any atom is -0.423 e. The van der Waals surface area contributed by atoms with Gasteiger partial charge in [-0.25, -0.2) is 9.78 Å². The second kappa shape index (κ2) is 7.32. The van der Waals surface area contributed by atoms with Crippen LogP contribution in [0.25, 0.3) is 10.2 Å². The lowest BCUT2D eigenvalue weighted by atomic mass is 10.1. The lowest BCUT2D eigenvalue weighted by Crippen LogP contribution is -2.21. The summed E-state index contributed by atoms with van der Waals surface area (Å²) in [7, 11) is 0. The van der Waals surface area contributed by atoms with Gasteiger partial charge in [0.15, 0.2) is 5.13 Å². The Balaban J connectivity index is 1.81. The predicted octanol–water partition coefficient (Wildman–Crippen LogP) is 4.23. The molecule has 1 aromatic heterocycles. The molecule has 2 aromatic carbocycles. The zero-order chi connectivity index (χ0) is 17.8. The number of hydrogen-bond donors (Lipinski definition) is 0. The first-order valence-electron chi connectivity index (χ1n) is 8.02. The Labute approximate surface area is 150 Å². The maximum atomic E-state index is 12.2. The standard InChI is InChI=1S/C19H17N3O2S/c1-3-22(4-2)19-21-16-10-9-15(11-17(16)25-19)24-18(23)14-7-5-13(12-20)6-8-14/h5-11H,3-4H2,1-2H3. The van der Waals surface area contributed by atoms with Gasteiger partial charge in [-0.2, -0.15) is 5.26 Å². The van der Waals surface area contributed by atoms with Crippen molar-refractivity contribution < 1.29 is 9.53 Å². The van der Waals surface area contributed by atoms with Crippen LogP contribution in [0.2, 0.25) is 0 Å². The van der Waals surface area contributed by atoms with E-state index in [-0.39, 0.29) is 0 Å². The number of nitriles is 1. The van der Waals surface area contributed by atoms with Crippen molar-refractivity contribution in [3.05, 3.63) is 53.6 Å². The third kappa shape index (κ3) is 3.62. The van der Waals surface area contributed by atoms with Gasteiger partial charge in [0.25, 0.3) is 0 Å². The molecule has 0 atom stereocenters. The number of nitrogens with zero attached hydrogens (tertiary/aromatic N) is 3. The Hall–Kier alpha value is -2.91. The number of esters is 1. The van der Waals surface area contributed by atoms with E-state index < -0.39 is 5.97 Å². The number of anilines is 1. The van der Waals surface area contributed by atoms with Gasteiger partial charge >= 0.3 is 5.97 Å². The highest BCUT2D eigenvalue weighted by atomic mass is 32.1. The van der Waals surface area contributed by atoms with Crippen molar-refractivity contribution in [2.45, 2.75) is 13.8 Å². The summed E-state index contributed by atoms with van der Waals surface area (Å²) in [5.74, 6) is 0.0360. The fourth-order valence-electron chi connectivity index (χ4n) is 2.43. The van der Waals surface area contributed by atoms with Gasteiger partial charge in [-0.05, 0) is 50.2 Å². The van der Waals surface area contributed by atoms with Crippen molar-refractivity contribution in [3.8, 4) is 11.8 Å². The van der Waals surface area contributed by atoms with E-state index in [4.69, 9.17) is 10.00 Å². The Morgan fingerprint density at radius 2 is 1.92 bits per heavy atom. The second-order valence-corrected chi connectivity index (χ2v) is 6.39. The van der Waals surface area contributed by atoms with E-state index in [9.17, 15) is 4.79 Å². The number of fused-ring (bicyclic) bond motifs is 1. The molecule has 25 heavy (non-hydrogen) atoms. The van der Waals surface area contributed by atoms with E-state index in [1.165, 1.54) is 0 Å². The average molecular weight is 351 g/mol. The number of carbonyl (C=O) groups is 1. The van der Waals surface area contributed by atoms with E-state index >= 15 is 0 Å². The summed E-state index contributed by atoms with van der Waals surface area (Å²) in [5.41, 5.74) is 1.81. The number of benzene rings is 2. The van der Waals surface area contributed by atoms with Crippen LogP contribution in [0.15, 0.2) is 42.5 Å². The zero-order valence-electron chi connectivity index (χ0n) is 14.0. The van der Waals surface area contributed by atoms with Crippen molar-refractivity contribution >= 4 is 32.7 Å². The lowest BCUT2D eigenvalue weighted by Gasteiger charge is -2.16. The number of thiazole rings is 1. The Morgan fingerprint density at radius 3 is 2.56 bits per heavy atom. The first kappa shape index (κ1) is 16.9. The molecule has 0 aliphatic rings. The molecule has 5 nitrogen and oxygen atoms in total. The van der Waals surface area contributed by atoms with Gasteiger partial charge in [0.1, 0.15) is 5.75 Å². The van der Waals surface area contributed by atoms with E-state index in [1.807, 2.05) is 18.2 Å². The van der Waals surface area contributed by atoms with Crippen LogP contribution in [0.5, 0.6) is 5.75 Å². The molecule has 0 amide bonds. The van der Waals surface area contributed by atoms with Crippen LogP contribution in [-0.4, -0.2) is 24.0 Å². The molecule has 0 unspecified atom stereocenters. The second-order valence-electron chi connectivity index (χ2n) is 5.38. The van der Waals surface area contributed by atoms with Gasteiger partial charge < -0.3 is 9.64 Å². The molecule has 3 rings (SSSR count). The largest absolute Gasteiger partial charge is 0.423 e. The molecule has 6 heteroatoms. The molecule has 0 N–H and O–H groups in total. The smallest absolute Gasteiger partial charge is 0.343 e. The normalized spacial score (nSPS) is 10.4. The first-order valence-corrected chi connectivity index (χ1v) is 8.84. The monoisotopic (exact) mass is 351 g/mol. The van der Waals surface area contributed by atoms with Crippen molar-refractivity contribution in [1.29, 1.82) is 5.26 Å². The lowest BCUT2D eigenvalue weighted by molar-refractivity contribution is 0.0735. The van der Waals surface area contributed by atoms with Crippen LogP contribution in [0, 0.1) is 11.3 Å². The summed E-state index contributed by atoms with van der Waals surface area (Å²) in [6.45, 7) is 5.99. The number of rotatable bonds is 5. The van der Waals surface area contributed by atoms with Gasteiger partial charge in [0.05, 0.1) is 27.4 Å². The quantitative estimate of drug-likeness (QED) is 0.508. The minimum absolute atomic E-state index is 0.409. The van der Waals surface area contributed by atoms with Crippen LogP contribution in [-0.2, 0) is 0 Å². The Kier molecular flexibility index (Phi) is 4.96. The molecular formula is C19H17N3O2S. The van der Waals surface area contributed by atoms with Gasteiger partial charge in [-0.15, -0.1) is 0 Å². The molecule has 0 fully saturated rings. The number of ether oxygens (including phenoxy) is 1. The Bertz CT molecular complexity index is 937. The highest BCUT2D eigenvalue weighted by Gasteiger charge is 2.12. The molecule has 0 radical (unpaired) electrons. The number of carbonyl (C=O) groups excluding carboxylic acids is 1. The maximum absolute atomic E-state index is 12.2. The molecule has 0 aliphatic carbocycles. The number of hydrogen-bond acceptors (Lipinski definition) is 6. The van der Waals surface area contributed by atoms with Crippen molar-refractivity contribution in [3.63, 3.8) is 0 Å². The fraction of sp³-hybridized carbons (Fsp3) is 0.211. The van der Waals surface area contributed by atoms with E-state index in [0.29, 0.717) is 16.9 Å². The van der Waals surface area contributed by atoms with E-state index in [0.717, 1.165) is 28.4 Å². The SMILES string of the molecule is CCN(CC)c1nc2ccc(OC(=O)c3ccc(C#N)cc3)cc2s1. The molecular weight excluding hydrogens is 334 g/mol. The summed E-state index contributed by atoms with van der Waals surface area (Å²) >= 11 is 1.58.